The molecule has 2 unspecified atom stereocenters. The fourth-order valence-corrected chi connectivity index (χ4v) is 0.896. The van der Waals surface area contributed by atoms with Gasteiger partial charge in [0.1, 0.15) is 0 Å². The second kappa shape index (κ2) is 6.29. The summed E-state index contributed by atoms with van der Waals surface area (Å²) in [6.45, 7) is 9.18. The van der Waals surface area contributed by atoms with Gasteiger partial charge in [-0.15, -0.1) is 0 Å². The Morgan fingerprint density at radius 1 is 1.46 bits per heavy atom. The zero-order valence-corrected chi connectivity index (χ0v) is 8.49. The lowest BCUT2D eigenvalue weighted by Crippen LogP contribution is -2.17. The number of hydrogen-bond donors (Lipinski definition) is 1. The normalized spacial score (nSPS) is 16.2. The van der Waals surface area contributed by atoms with Gasteiger partial charge >= 0.3 is 0 Å². The summed E-state index contributed by atoms with van der Waals surface area (Å²) in [6.07, 6.45) is 5.39. The first-order chi connectivity index (χ1) is 6.13. The monoisotopic (exact) mass is 179 g/mol. The summed E-state index contributed by atoms with van der Waals surface area (Å²) in [5, 5.41) is 14.8. The molecule has 72 valence electrons. The average Bonchev–Trinajstić information content (AvgIpc) is 2.13. The number of nitrogens with one attached hydrogen (secondary N) is 1. The average molecular weight is 179 g/mol. The van der Waals surface area contributed by atoms with Gasteiger partial charge < -0.3 is 5.41 Å². The standard InChI is InChI=1S/C10H17N3/c1-5-6-10(11)9(3)8(2)7-13-12-4/h5-9,11H,4H2,1-3H3/b6-5-,11-10?,13-7+. The molecule has 0 aromatic heterocycles. The summed E-state index contributed by atoms with van der Waals surface area (Å²) in [5.74, 6) is 0.385. The van der Waals surface area contributed by atoms with Crippen LogP contribution in [-0.2, 0) is 0 Å². The van der Waals surface area contributed by atoms with E-state index in [1.165, 1.54) is 0 Å². The SMILES string of the molecule is C=N/N=C/C(C)C(C)C(=N)/C=C\C. The largest absolute Gasteiger partial charge is 0.305 e. The van der Waals surface area contributed by atoms with Crippen LogP contribution in [0.1, 0.15) is 20.8 Å². The van der Waals surface area contributed by atoms with Crippen LogP contribution in [0.5, 0.6) is 0 Å². The summed E-state index contributed by atoms with van der Waals surface area (Å²) in [7, 11) is 0. The van der Waals surface area contributed by atoms with Crippen molar-refractivity contribution < 1.29 is 0 Å². The summed E-state index contributed by atoms with van der Waals surface area (Å²) in [4.78, 5) is 0. The lowest BCUT2D eigenvalue weighted by molar-refractivity contribution is 0.633. The Balaban J connectivity index is 4.23. The van der Waals surface area contributed by atoms with Crippen molar-refractivity contribution in [2.75, 3.05) is 0 Å². The predicted molar refractivity (Wildman–Crippen MR) is 58.9 cm³/mol. The molecule has 0 saturated heterocycles. The molecule has 0 fully saturated rings. The van der Waals surface area contributed by atoms with E-state index in [9.17, 15) is 0 Å². The smallest absolute Gasteiger partial charge is 0.0345 e. The number of nitrogens with zero attached hydrogens (tertiary/aromatic N) is 2. The van der Waals surface area contributed by atoms with Gasteiger partial charge in [0.25, 0.3) is 0 Å². The summed E-state index contributed by atoms with van der Waals surface area (Å²) in [5.41, 5.74) is 0.616. The molecule has 0 aliphatic rings. The van der Waals surface area contributed by atoms with Gasteiger partial charge in [0, 0.05) is 30.5 Å². The molecule has 0 aliphatic carbocycles. The van der Waals surface area contributed by atoms with E-state index in [0.717, 1.165) is 0 Å². The highest BCUT2D eigenvalue weighted by atomic mass is 15.2. The lowest BCUT2D eigenvalue weighted by atomic mass is 9.92. The van der Waals surface area contributed by atoms with Crippen molar-refractivity contribution in [3.05, 3.63) is 12.2 Å². The molecule has 0 rings (SSSR count). The summed E-state index contributed by atoms with van der Waals surface area (Å²) < 4.78 is 0. The summed E-state index contributed by atoms with van der Waals surface area (Å²) >= 11 is 0. The maximum absolute atomic E-state index is 7.67. The van der Waals surface area contributed by atoms with Crippen LogP contribution >= 0.6 is 0 Å². The predicted octanol–water partition coefficient (Wildman–Crippen LogP) is 2.54. The van der Waals surface area contributed by atoms with Crippen molar-refractivity contribution in [3.8, 4) is 0 Å². The molecule has 3 nitrogen and oxygen atoms in total. The Morgan fingerprint density at radius 2 is 2.08 bits per heavy atom. The molecule has 0 bridgehead atoms. The van der Waals surface area contributed by atoms with Crippen molar-refractivity contribution in [2.45, 2.75) is 20.8 Å². The van der Waals surface area contributed by atoms with Crippen LogP contribution in [0.3, 0.4) is 0 Å². The van der Waals surface area contributed by atoms with E-state index in [1.807, 2.05) is 26.8 Å². The van der Waals surface area contributed by atoms with Crippen LogP contribution in [-0.4, -0.2) is 18.6 Å². The number of hydrogen-bond acceptors (Lipinski definition) is 3. The van der Waals surface area contributed by atoms with Crippen LogP contribution < -0.4 is 0 Å². The molecule has 0 aromatic carbocycles. The quantitative estimate of drug-likeness (QED) is 0.498. The summed E-state index contributed by atoms with van der Waals surface area (Å²) in [6, 6.07) is 0. The van der Waals surface area contributed by atoms with Crippen molar-refractivity contribution >= 4 is 18.6 Å². The highest BCUT2D eigenvalue weighted by molar-refractivity contribution is 5.95. The molecule has 0 radical (unpaired) electrons. The first-order valence-electron chi connectivity index (χ1n) is 4.33. The lowest BCUT2D eigenvalue weighted by Gasteiger charge is -2.13. The molecule has 1 N–H and O–H groups in total. The zero-order chi connectivity index (χ0) is 10.3. The van der Waals surface area contributed by atoms with E-state index in [-0.39, 0.29) is 11.8 Å². The van der Waals surface area contributed by atoms with Gasteiger partial charge in [0.15, 0.2) is 0 Å². The molecule has 13 heavy (non-hydrogen) atoms. The van der Waals surface area contributed by atoms with E-state index >= 15 is 0 Å². The van der Waals surface area contributed by atoms with E-state index in [1.54, 1.807) is 12.3 Å². The molecule has 0 heterocycles. The molecular formula is C10H17N3. The Bertz CT molecular complexity index is 228. The van der Waals surface area contributed by atoms with Crippen molar-refractivity contribution in [2.24, 2.45) is 22.0 Å². The molecule has 2 atom stereocenters. The number of allylic oxidation sites excluding steroid dienone is 2. The van der Waals surface area contributed by atoms with Crippen LogP contribution in [0.4, 0.5) is 0 Å². The second-order valence-corrected chi connectivity index (χ2v) is 3.01. The maximum atomic E-state index is 7.67. The zero-order valence-electron chi connectivity index (χ0n) is 8.49. The van der Waals surface area contributed by atoms with E-state index in [2.05, 4.69) is 16.9 Å². The van der Waals surface area contributed by atoms with E-state index < -0.39 is 0 Å². The highest BCUT2D eigenvalue weighted by Gasteiger charge is 2.12. The first-order valence-corrected chi connectivity index (χ1v) is 4.33. The molecule has 0 aromatic rings. The van der Waals surface area contributed by atoms with Gasteiger partial charge in [-0.3, -0.25) is 0 Å². The molecular weight excluding hydrogens is 162 g/mol. The topological polar surface area (TPSA) is 48.6 Å². The number of rotatable bonds is 5. The molecule has 3 heteroatoms. The molecule has 0 aliphatic heterocycles. The third-order valence-electron chi connectivity index (χ3n) is 2.01. The van der Waals surface area contributed by atoms with Crippen molar-refractivity contribution in [3.63, 3.8) is 0 Å². The van der Waals surface area contributed by atoms with Crippen LogP contribution in [0.25, 0.3) is 0 Å². The van der Waals surface area contributed by atoms with Gasteiger partial charge in [0.05, 0.1) is 0 Å². The van der Waals surface area contributed by atoms with Crippen LogP contribution in [0.2, 0.25) is 0 Å². The van der Waals surface area contributed by atoms with Crippen molar-refractivity contribution in [1.82, 2.24) is 0 Å². The fraction of sp³-hybridized carbons (Fsp3) is 0.500. The molecule has 0 spiro atoms. The third kappa shape index (κ3) is 4.35. The van der Waals surface area contributed by atoms with Gasteiger partial charge in [0.2, 0.25) is 0 Å². The molecule has 0 saturated carbocycles. The van der Waals surface area contributed by atoms with Gasteiger partial charge in [-0.2, -0.15) is 10.2 Å². The Morgan fingerprint density at radius 3 is 2.54 bits per heavy atom. The first kappa shape index (κ1) is 11.8. The van der Waals surface area contributed by atoms with Gasteiger partial charge in [-0.05, 0) is 13.0 Å². The van der Waals surface area contributed by atoms with E-state index in [4.69, 9.17) is 5.41 Å². The third-order valence-corrected chi connectivity index (χ3v) is 2.01. The van der Waals surface area contributed by atoms with Crippen LogP contribution in [0, 0.1) is 17.2 Å². The Hall–Kier alpha value is -1.25. The Kier molecular flexibility index (Phi) is 5.68. The van der Waals surface area contributed by atoms with E-state index in [0.29, 0.717) is 5.71 Å². The maximum Gasteiger partial charge on any atom is 0.0345 e. The van der Waals surface area contributed by atoms with Crippen molar-refractivity contribution in [1.29, 1.82) is 5.41 Å². The highest BCUT2D eigenvalue weighted by Crippen LogP contribution is 2.10. The second-order valence-electron chi connectivity index (χ2n) is 3.01. The van der Waals surface area contributed by atoms with Gasteiger partial charge in [-0.1, -0.05) is 19.9 Å². The fourth-order valence-electron chi connectivity index (χ4n) is 0.896. The minimum Gasteiger partial charge on any atom is -0.305 e. The minimum absolute atomic E-state index is 0.168. The van der Waals surface area contributed by atoms with Gasteiger partial charge in [-0.25, -0.2) is 0 Å². The molecule has 0 amide bonds. The van der Waals surface area contributed by atoms with Crippen LogP contribution in [0.15, 0.2) is 22.4 Å². The minimum atomic E-state index is 0.168. The Labute approximate surface area is 79.8 Å².